The number of aromatic nitrogens is 2. The van der Waals surface area contributed by atoms with E-state index in [9.17, 15) is 14.4 Å². The van der Waals surface area contributed by atoms with Crippen LogP contribution in [-0.4, -0.2) is 78.4 Å². The third-order valence-corrected chi connectivity index (χ3v) is 11.1. The highest BCUT2D eigenvalue weighted by Gasteiger charge is 2.44. The number of amides is 1. The Morgan fingerprint density at radius 1 is 0.909 bits per heavy atom. The van der Waals surface area contributed by atoms with Crippen molar-refractivity contribution in [2.24, 2.45) is 0 Å². The molecule has 2 N–H and O–H groups in total. The Labute approximate surface area is 323 Å². The van der Waals surface area contributed by atoms with Crippen molar-refractivity contribution in [2.45, 2.75) is 77.5 Å². The van der Waals surface area contributed by atoms with E-state index in [2.05, 4.69) is 10.3 Å². The van der Waals surface area contributed by atoms with Gasteiger partial charge in [0.1, 0.15) is 36.0 Å². The van der Waals surface area contributed by atoms with E-state index in [4.69, 9.17) is 28.0 Å². The van der Waals surface area contributed by atoms with Crippen LogP contribution in [0.3, 0.4) is 0 Å². The number of hydrogen-bond donors (Lipinski definition) is 2. The van der Waals surface area contributed by atoms with Gasteiger partial charge in [-0.15, -0.1) is 0 Å². The molecule has 4 atom stereocenters. The molecule has 14 heteroatoms. The minimum atomic E-state index is -1.76. The minimum Gasteiger partial charge on any atom is -0.497 e. The maximum atomic E-state index is 13.1. The first-order valence-electron chi connectivity index (χ1n) is 18.4. The Morgan fingerprint density at radius 2 is 1.47 bits per heavy atom. The van der Waals surface area contributed by atoms with Crippen LogP contribution < -0.4 is 26.0 Å². The van der Waals surface area contributed by atoms with Crippen molar-refractivity contribution in [2.75, 3.05) is 40.5 Å². The Kier molecular flexibility index (Phi) is 14.1. The first-order valence-corrected chi connectivity index (χ1v) is 19.6. The van der Waals surface area contributed by atoms with Crippen LogP contribution >= 0.6 is 8.53 Å². The Bertz CT molecular complexity index is 1910. The molecule has 296 valence electrons. The Balaban J connectivity index is 1.57. The quantitative estimate of drug-likeness (QED) is 0.0963. The fourth-order valence-corrected chi connectivity index (χ4v) is 8.03. The predicted molar refractivity (Wildman–Crippen MR) is 211 cm³/mol. The topological polar surface area (TPSA) is 143 Å². The maximum Gasteiger partial charge on any atom is 0.330 e. The zero-order valence-corrected chi connectivity index (χ0v) is 33.8. The van der Waals surface area contributed by atoms with E-state index in [1.807, 2.05) is 118 Å². The zero-order chi connectivity index (χ0) is 39.8. The van der Waals surface area contributed by atoms with Crippen molar-refractivity contribution < 1.29 is 32.8 Å². The second kappa shape index (κ2) is 18.5. The first kappa shape index (κ1) is 41.8. The standard InChI is InChI=1S/C41H53N4O9P/c1-9-44(10-2)55(52-27-36(46)43-40(4,5)6)54-34-24-37(45-25-28(3)38(47)42-39(45)48)53-35(34)26-51-41(29-14-12-11-13-15-29,30-16-20-32(49-7)21-17-30)31-18-22-33(50-8)23-19-31/h11-23,25,34-35,37H,9-10,24,26-27H2,1-8H3,(H,43,46)(H,42,47,48)/t34-,35+,37+,55?/m0/s1. The van der Waals surface area contributed by atoms with Gasteiger partial charge in [-0.25, -0.2) is 9.46 Å². The van der Waals surface area contributed by atoms with E-state index < -0.39 is 49.4 Å². The Morgan fingerprint density at radius 3 is 2.00 bits per heavy atom. The molecular weight excluding hydrogens is 723 g/mol. The average Bonchev–Trinajstić information content (AvgIpc) is 3.58. The predicted octanol–water partition coefficient (Wildman–Crippen LogP) is 6.04. The second-order valence-electron chi connectivity index (χ2n) is 14.3. The summed E-state index contributed by atoms with van der Waals surface area (Å²) in [5.74, 6) is 1.12. The molecule has 0 saturated carbocycles. The minimum absolute atomic E-state index is 0.0111. The zero-order valence-electron chi connectivity index (χ0n) is 32.9. The Hall–Kier alpha value is -4.36. The number of benzene rings is 3. The van der Waals surface area contributed by atoms with Crippen molar-refractivity contribution >= 4 is 14.4 Å². The summed E-state index contributed by atoms with van der Waals surface area (Å²) in [7, 11) is 1.48. The molecule has 0 radical (unpaired) electrons. The number of ether oxygens (including phenoxy) is 4. The number of nitrogens with one attached hydrogen (secondary N) is 2. The van der Waals surface area contributed by atoms with Crippen LogP contribution in [0, 0.1) is 6.92 Å². The van der Waals surface area contributed by atoms with Gasteiger partial charge in [0.2, 0.25) is 5.91 Å². The van der Waals surface area contributed by atoms with Crippen LogP contribution in [-0.2, 0) is 28.9 Å². The van der Waals surface area contributed by atoms with Crippen LogP contribution in [0.1, 0.15) is 69.5 Å². The smallest absolute Gasteiger partial charge is 0.330 e. The van der Waals surface area contributed by atoms with E-state index in [0.717, 1.165) is 16.7 Å². The van der Waals surface area contributed by atoms with Crippen molar-refractivity contribution in [1.82, 2.24) is 19.5 Å². The number of H-pyrrole nitrogens is 1. The summed E-state index contributed by atoms with van der Waals surface area (Å²) in [5, 5.41) is 2.94. The molecule has 4 aromatic rings. The van der Waals surface area contributed by atoms with Gasteiger partial charge in [0.15, 0.2) is 0 Å². The summed E-state index contributed by atoms with van der Waals surface area (Å²) in [5.41, 5.74) is 0.245. The summed E-state index contributed by atoms with van der Waals surface area (Å²) in [6.45, 7) is 12.4. The van der Waals surface area contributed by atoms with Gasteiger partial charge in [-0.3, -0.25) is 19.1 Å². The molecule has 5 rings (SSSR count). The fourth-order valence-electron chi connectivity index (χ4n) is 6.53. The van der Waals surface area contributed by atoms with Gasteiger partial charge in [0.25, 0.3) is 14.1 Å². The largest absolute Gasteiger partial charge is 0.497 e. The molecule has 55 heavy (non-hydrogen) atoms. The van der Waals surface area contributed by atoms with Crippen LogP contribution in [0.4, 0.5) is 0 Å². The molecule has 3 aromatic carbocycles. The number of carbonyl (C=O) groups is 1. The molecule has 1 aliphatic heterocycles. The number of rotatable bonds is 17. The second-order valence-corrected chi connectivity index (χ2v) is 15.8. The molecule has 1 fully saturated rings. The van der Waals surface area contributed by atoms with E-state index in [-0.39, 0.29) is 25.5 Å². The van der Waals surface area contributed by atoms with Gasteiger partial charge in [-0.2, -0.15) is 0 Å². The summed E-state index contributed by atoms with van der Waals surface area (Å²) in [6.07, 6.45) is -0.443. The third kappa shape index (κ3) is 10.1. The van der Waals surface area contributed by atoms with Crippen LogP contribution in [0.5, 0.6) is 11.5 Å². The van der Waals surface area contributed by atoms with Gasteiger partial charge >= 0.3 is 5.69 Å². The lowest BCUT2D eigenvalue weighted by Crippen LogP contribution is -2.42. The molecular formula is C41H53N4O9P. The summed E-state index contributed by atoms with van der Waals surface area (Å²) in [6, 6.07) is 25.4. The van der Waals surface area contributed by atoms with Gasteiger partial charge in [0, 0.05) is 36.8 Å². The number of aryl methyl sites for hydroxylation is 1. The lowest BCUT2D eigenvalue weighted by atomic mass is 9.80. The molecule has 0 aliphatic carbocycles. The lowest BCUT2D eigenvalue weighted by Gasteiger charge is -2.37. The van der Waals surface area contributed by atoms with Crippen LogP contribution in [0.15, 0.2) is 94.6 Å². The molecule has 1 unspecified atom stereocenters. The van der Waals surface area contributed by atoms with Gasteiger partial charge in [0.05, 0.1) is 26.9 Å². The molecule has 1 amide bonds. The molecule has 13 nitrogen and oxygen atoms in total. The van der Waals surface area contributed by atoms with Crippen molar-refractivity contribution in [3.8, 4) is 11.5 Å². The highest BCUT2D eigenvalue weighted by atomic mass is 31.2. The number of hydrogen-bond acceptors (Lipinski definition) is 10. The lowest BCUT2D eigenvalue weighted by molar-refractivity contribution is -0.124. The summed E-state index contributed by atoms with van der Waals surface area (Å²) >= 11 is 0. The SMILES string of the molecule is CCN(CC)P(OCC(=O)NC(C)(C)C)O[C@H]1C[C@H](n2cc(C)c(=O)[nH]c2=O)O[C@@H]1COC(c1ccccc1)(c1ccc(OC)cc1)c1ccc(OC)cc1. The first-order chi connectivity index (χ1) is 26.3. The molecule has 1 aromatic heterocycles. The average molecular weight is 777 g/mol. The van der Waals surface area contributed by atoms with Gasteiger partial charge in [-0.05, 0) is 68.7 Å². The number of methoxy groups -OCH3 is 2. The maximum absolute atomic E-state index is 13.1. The fraction of sp³-hybridized carbons (Fsp3) is 0.439. The molecule has 1 aliphatic rings. The van der Waals surface area contributed by atoms with E-state index in [1.54, 1.807) is 21.1 Å². The highest BCUT2D eigenvalue weighted by molar-refractivity contribution is 7.44. The van der Waals surface area contributed by atoms with Gasteiger partial charge < -0.3 is 33.3 Å². The molecule has 0 bridgehead atoms. The van der Waals surface area contributed by atoms with Crippen molar-refractivity contribution in [3.63, 3.8) is 0 Å². The monoisotopic (exact) mass is 776 g/mol. The normalized spacial score (nSPS) is 17.9. The molecule has 0 spiro atoms. The van der Waals surface area contributed by atoms with E-state index >= 15 is 0 Å². The summed E-state index contributed by atoms with van der Waals surface area (Å²) in [4.78, 5) is 40.7. The van der Waals surface area contributed by atoms with Crippen molar-refractivity contribution in [1.29, 1.82) is 0 Å². The van der Waals surface area contributed by atoms with E-state index in [0.29, 0.717) is 30.2 Å². The van der Waals surface area contributed by atoms with E-state index in [1.165, 1.54) is 10.8 Å². The summed E-state index contributed by atoms with van der Waals surface area (Å²) < 4.78 is 41.3. The number of nitrogens with zero attached hydrogens (tertiary/aromatic N) is 2. The number of aromatic amines is 1. The van der Waals surface area contributed by atoms with Gasteiger partial charge in [-0.1, -0.05) is 68.4 Å². The number of carbonyl (C=O) groups excluding carboxylic acids is 1. The molecule has 2 heterocycles. The van der Waals surface area contributed by atoms with Crippen LogP contribution in [0.25, 0.3) is 0 Å². The highest BCUT2D eigenvalue weighted by Crippen LogP contribution is 2.48. The molecule has 1 saturated heterocycles. The third-order valence-electron chi connectivity index (χ3n) is 9.28. The van der Waals surface area contributed by atoms with Crippen LogP contribution in [0.2, 0.25) is 0 Å². The van der Waals surface area contributed by atoms with Crippen molar-refractivity contribution in [3.05, 3.63) is 128 Å².